The van der Waals surface area contributed by atoms with Crippen molar-refractivity contribution in [2.45, 2.75) is 6.18 Å². The molecule has 93 valence electrons. The predicted molar refractivity (Wildman–Crippen MR) is 55.1 cm³/mol. The average molecular weight is 257 g/mol. The van der Waals surface area contributed by atoms with Gasteiger partial charge in [0.1, 0.15) is 5.56 Å². The van der Waals surface area contributed by atoms with Crippen molar-refractivity contribution in [3.8, 4) is 0 Å². The van der Waals surface area contributed by atoms with Gasteiger partial charge in [0.15, 0.2) is 0 Å². The number of benzene rings is 1. The summed E-state index contributed by atoms with van der Waals surface area (Å²) >= 11 is 0. The van der Waals surface area contributed by atoms with Crippen LogP contribution in [0.4, 0.5) is 18.9 Å². The number of nitro groups is 1. The number of pyridine rings is 1. The summed E-state index contributed by atoms with van der Waals surface area (Å²) in [5, 5.41) is 10.7. The van der Waals surface area contributed by atoms with E-state index in [0.29, 0.717) is 6.07 Å². The molecule has 0 aliphatic carbocycles. The highest BCUT2D eigenvalue weighted by atomic mass is 19.4. The molecule has 2 aromatic rings. The molecule has 1 N–H and O–H groups in total. The summed E-state index contributed by atoms with van der Waals surface area (Å²) in [5.74, 6) is 0. The van der Waals surface area contributed by atoms with Crippen LogP contribution in [0.5, 0.6) is 0 Å². The number of aromatic nitrogens is 1. The largest absolute Gasteiger partial charge is 0.423 e. The number of rotatable bonds is 1. The smallest absolute Gasteiger partial charge is 0.321 e. The zero-order valence-corrected chi connectivity index (χ0v) is 8.54. The highest BCUT2D eigenvalue weighted by Crippen LogP contribution is 2.37. The van der Waals surface area contributed by atoms with E-state index < -0.39 is 27.9 Å². The number of alkyl halides is 3. The van der Waals surface area contributed by atoms with Gasteiger partial charge in [-0.15, -0.1) is 0 Å². The van der Waals surface area contributed by atoms with Crippen LogP contribution < -0.4 is 5.56 Å². The molecule has 8 heteroatoms. The van der Waals surface area contributed by atoms with Crippen LogP contribution >= 0.6 is 0 Å². The SMILES string of the molecule is O=c1[c]cc2cc([N+](=O)[O-])c(C(F)(F)F)cc2[nH]1. The Morgan fingerprint density at radius 3 is 2.56 bits per heavy atom. The third-order valence-corrected chi connectivity index (χ3v) is 2.28. The fraction of sp³-hybridized carbons (Fsp3) is 0.100. The van der Waals surface area contributed by atoms with Gasteiger partial charge in [-0.25, -0.2) is 0 Å². The van der Waals surface area contributed by atoms with Crippen LogP contribution in [-0.2, 0) is 6.18 Å². The lowest BCUT2D eigenvalue weighted by Gasteiger charge is -2.08. The van der Waals surface area contributed by atoms with Gasteiger partial charge in [-0.1, -0.05) is 0 Å². The molecule has 0 fully saturated rings. The van der Waals surface area contributed by atoms with Crippen molar-refractivity contribution in [3.63, 3.8) is 0 Å². The summed E-state index contributed by atoms with van der Waals surface area (Å²) in [4.78, 5) is 22.6. The van der Waals surface area contributed by atoms with Crippen molar-refractivity contribution >= 4 is 16.6 Å². The second kappa shape index (κ2) is 3.83. The first-order chi connectivity index (χ1) is 8.29. The number of hydrogen-bond donors (Lipinski definition) is 1. The molecule has 2 rings (SSSR count). The van der Waals surface area contributed by atoms with Gasteiger partial charge in [-0.3, -0.25) is 14.9 Å². The number of nitrogens with zero attached hydrogens (tertiary/aromatic N) is 1. The van der Waals surface area contributed by atoms with Gasteiger partial charge < -0.3 is 4.98 Å². The van der Waals surface area contributed by atoms with Gasteiger partial charge in [0.25, 0.3) is 11.2 Å². The number of aromatic amines is 1. The fourth-order valence-corrected chi connectivity index (χ4v) is 1.51. The van der Waals surface area contributed by atoms with Crippen LogP contribution in [0.2, 0.25) is 0 Å². The number of H-pyrrole nitrogens is 1. The van der Waals surface area contributed by atoms with E-state index in [1.807, 2.05) is 0 Å². The van der Waals surface area contributed by atoms with Crippen LogP contribution in [0.15, 0.2) is 23.0 Å². The Kier molecular flexibility index (Phi) is 2.57. The summed E-state index contributed by atoms with van der Waals surface area (Å²) in [6.07, 6.45) is -4.87. The predicted octanol–water partition coefficient (Wildman–Crippen LogP) is 2.26. The molecule has 0 bridgehead atoms. The number of fused-ring (bicyclic) bond motifs is 1. The van der Waals surface area contributed by atoms with Gasteiger partial charge in [-0.05, 0) is 12.1 Å². The number of halogens is 3. The molecule has 0 atom stereocenters. The van der Waals surface area contributed by atoms with Gasteiger partial charge in [-0.2, -0.15) is 13.2 Å². The molecule has 1 aromatic heterocycles. The standard InChI is InChI=1S/C10H4F3N2O3/c11-10(12,13)6-4-7-5(1-2-9(16)14-7)3-8(6)15(17)18/h1,3-4H,(H,14,16). The molecule has 0 amide bonds. The molecule has 18 heavy (non-hydrogen) atoms. The van der Waals surface area contributed by atoms with E-state index in [1.54, 1.807) is 0 Å². The maximum Gasteiger partial charge on any atom is 0.423 e. The molecule has 0 aliphatic heterocycles. The topological polar surface area (TPSA) is 76.0 Å². The van der Waals surface area contributed by atoms with Gasteiger partial charge >= 0.3 is 6.18 Å². The van der Waals surface area contributed by atoms with Crippen LogP contribution in [0, 0.1) is 16.2 Å². The Labute approximate surface area is 97.0 Å². The summed E-state index contributed by atoms with van der Waals surface area (Å²) < 4.78 is 37.9. The van der Waals surface area contributed by atoms with Crippen LogP contribution in [0.3, 0.4) is 0 Å². The summed E-state index contributed by atoms with van der Waals surface area (Å²) in [5.41, 5.74) is -3.29. The molecular weight excluding hydrogens is 253 g/mol. The Hall–Kier alpha value is -2.38. The minimum absolute atomic E-state index is 0.106. The number of nitro benzene ring substituents is 1. The monoisotopic (exact) mass is 257 g/mol. The fourth-order valence-electron chi connectivity index (χ4n) is 1.51. The van der Waals surface area contributed by atoms with Gasteiger partial charge in [0, 0.05) is 17.0 Å². The zero-order valence-electron chi connectivity index (χ0n) is 8.54. The Morgan fingerprint density at radius 1 is 1.33 bits per heavy atom. The van der Waals surface area contributed by atoms with E-state index in [-0.39, 0.29) is 10.9 Å². The number of nitrogens with one attached hydrogen (secondary N) is 1. The molecule has 1 aromatic carbocycles. The van der Waals surface area contributed by atoms with E-state index in [0.717, 1.165) is 12.1 Å². The van der Waals surface area contributed by atoms with Crippen molar-refractivity contribution in [1.29, 1.82) is 0 Å². The van der Waals surface area contributed by atoms with Crippen molar-refractivity contribution in [1.82, 2.24) is 4.98 Å². The van der Waals surface area contributed by atoms with Crippen molar-refractivity contribution in [2.75, 3.05) is 0 Å². The third-order valence-electron chi connectivity index (χ3n) is 2.28. The quantitative estimate of drug-likeness (QED) is 0.628. The first-order valence-corrected chi connectivity index (χ1v) is 4.59. The highest BCUT2D eigenvalue weighted by molar-refractivity contribution is 5.82. The molecule has 1 heterocycles. The minimum Gasteiger partial charge on any atom is -0.321 e. The highest BCUT2D eigenvalue weighted by Gasteiger charge is 2.38. The van der Waals surface area contributed by atoms with E-state index in [1.165, 1.54) is 0 Å². The lowest BCUT2D eigenvalue weighted by molar-refractivity contribution is -0.387. The zero-order chi connectivity index (χ0) is 13.5. The van der Waals surface area contributed by atoms with Crippen LogP contribution in [0.25, 0.3) is 10.9 Å². The Bertz CT molecular complexity index is 691. The summed E-state index contributed by atoms with van der Waals surface area (Å²) in [6.45, 7) is 0. The van der Waals surface area contributed by atoms with E-state index >= 15 is 0 Å². The average Bonchev–Trinajstić information content (AvgIpc) is 2.25. The lowest BCUT2D eigenvalue weighted by Crippen LogP contribution is -2.10. The normalized spacial score (nSPS) is 11.7. The van der Waals surface area contributed by atoms with E-state index in [9.17, 15) is 28.1 Å². The van der Waals surface area contributed by atoms with Gasteiger partial charge in [0.05, 0.1) is 11.0 Å². The van der Waals surface area contributed by atoms with Crippen molar-refractivity contribution in [3.05, 3.63) is 50.3 Å². The first kappa shape index (κ1) is 12.1. The van der Waals surface area contributed by atoms with Crippen LogP contribution in [0.1, 0.15) is 5.56 Å². The van der Waals surface area contributed by atoms with E-state index in [2.05, 4.69) is 11.1 Å². The van der Waals surface area contributed by atoms with Crippen molar-refractivity contribution < 1.29 is 18.1 Å². The third kappa shape index (κ3) is 2.04. The maximum absolute atomic E-state index is 12.6. The summed E-state index contributed by atoms with van der Waals surface area (Å²) in [6, 6.07) is 4.58. The second-order valence-corrected chi connectivity index (χ2v) is 3.45. The summed E-state index contributed by atoms with van der Waals surface area (Å²) in [7, 11) is 0. The van der Waals surface area contributed by atoms with E-state index in [4.69, 9.17) is 0 Å². The molecule has 1 radical (unpaired) electrons. The second-order valence-electron chi connectivity index (χ2n) is 3.45. The molecule has 0 saturated heterocycles. The maximum atomic E-state index is 12.6. The number of hydrogen-bond acceptors (Lipinski definition) is 3. The Morgan fingerprint density at radius 2 is 2.00 bits per heavy atom. The van der Waals surface area contributed by atoms with Crippen LogP contribution in [-0.4, -0.2) is 9.91 Å². The molecule has 0 aliphatic rings. The Balaban J connectivity index is 2.85. The molecule has 5 nitrogen and oxygen atoms in total. The minimum atomic E-state index is -4.87. The molecule has 0 saturated carbocycles. The van der Waals surface area contributed by atoms with Crippen molar-refractivity contribution in [2.24, 2.45) is 0 Å². The first-order valence-electron chi connectivity index (χ1n) is 4.59. The molecule has 0 spiro atoms. The molecular formula is C10H4F3N2O3. The lowest BCUT2D eigenvalue weighted by atomic mass is 10.1. The molecule has 0 unspecified atom stereocenters. The van der Waals surface area contributed by atoms with Gasteiger partial charge in [0.2, 0.25) is 0 Å².